The van der Waals surface area contributed by atoms with Crippen LogP contribution in [0.15, 0.2) is 54.7 Å². The molecule has 0 unspecified atom stereocenters. The summed E-state index contributed by atoms with van der Waals surface area (Å²) in [4.78, 5) is 17.3. The van der Waals surface area contributed by atoms with Crippen LogP contribution in [0.25, 0.3) is 5.57 Å². The summed E-state index contributed by atoms with van der Waals surface area (Å²) in [5, 5.41) is 0. The van der Waals surface area contributed by atoms with Gasteiger partial charge in [0.2, 0.25) is 5.95 Å². The van der Waals surface area contributed by atoms with Crippen LogP contribution in [-0.2, 0) is 11.3 Å². The molecule has 0 fully saturated rings. The largest absolute Gasteiger partial charge is 0.445 e. The van der Waals surface area contributed by atoms with Gasteiger partial charge in [0.05, 0.1) is 0 Å². The summed E-state index contributed by atoms with van der Waals surface area (Å²) in [5.41, 5.74) is 2.33. The number of nitrogens with zero attached hydrogens (tertiary/aromatic N) is 2. The van der Waals surface area contributed by atoms with Crippen molar-refractivity contribution in [3.05, 3.63) is 71.8 Å². The monoisotopic (exact) mass is 312 g/mol. The van der Waals surface area contributed by atoms with Gasteiger partial charge in [-0.2, -0.15) is 4.39 Å². The van der Waals surface area contributed by atoms with Crippen molar-refractivity contribution in [2.24, 2.45) is 0 Å². The van der Waals surface area contributed by atoms with Crippen molar-refractivity contribution in [3.63, 3.8) is 0 Å². The third-order valence-electron chi connectivity index (χ3n) is 3.78. The Hall–Kier alpha value is -2.69. The van der Waals surface area contributed by atoms with E-state index in [4.69, 9.17) is 4.74 Å². The molecular weight excluding hydrogens is 295 g/mol. The zero-order valence-electron chi connectivity index (χ0n) is 12.6. The van der Waals surface area contributed by atoms with Crippen molar-refractivity contribution in [1.82, 2.24) is 9.88 Å². The van der Waals surface area contributed by atoms with Crippen LogP contribution >= 0.6 is 0 Å². The summed E-state index contributed by atoms with van der Waals surface area (Å²) in [6.07, 6.45) is 3.52. The number of pyridine rings is 1. The standard InChI is InChI=1S/C18H17FN2O2/c19-17-16(7-4-10-20-17)15-8-11-21(12-9-15)18(22)23-13-14-5-2-1-3-6-14/h1-8,10H,9,11-13H2. The Kier molecular flexibility index (Phi) is 4.66. The van der Waals surface area contributed by atoms with Gasteiger partial charge in [0, 0.05) is 24.8 Å². The second-order valence-electron chi connectivity index (χ2n) is 5.31. The third-order valence-corrected chi connectivity index (χ3v) is 3.78. The molecule has 0 atom stereocenters. The van der Waals surface area contributed by atoms with Gasteiger partial charge in [0.1, 0.15) is 6.61 Å². The number of halogens is 1. The molecule has 2 aromatic rings. The van der Waals surface area contributed by atoms with Crippen LogP contribution in [0.1, 0.15) is 17.5 Å². The highest BCUT2D eigenvalue weighted by molar-refractivity contribution is 5.72. The highest BCUT2D eigenvalue weighted by Gasteiger charge is 2.20. The fourth-order valence-electron chi connectivity index (χ4n) is 2.52. The van der Waals surface area contributed by atoms with Gasteiger partial charge < -0.3 is 9.64 Å². The Morgan fingerprint density at radius 2 is 2.04 bits per heavy atom. The molecule has 0 N–H and O–H groups in total. The molecule has 1 aliphatic rings. The number of carbonyl (C=O) groups excluding carboxylic acids is 1. The topological polar surface area (TPSA) is 42.4 Å². The zero-order valence-corrected chi connectivity index (χ0v) is 12.6. The van der Waals surface area contributed by atoms with Crippen LogP contribution in [0.3, 0.4) is 0 Å². The molecule has 0 bridgehead atoms. The fourth-order valence-corrected chi connectivity index (χ4v) is 2.52. The summed E-state index contributed by atoms with van der Waals surface area (Å²) in [6, 6.07) is 13.0. The van der Waals surface area contributed by atoms with Crippen molar-refractivity contribution >= 4 is 11.7 Å². The Morgan fingerprint density at radius 3 is 2.74 bits per heavy atom. The number of amides is 1. The first-order valence-corrected chi connectivity index (χ1v) is 7.49. The van der Waals surface area contributed by atoms with Gasteiger partial charge in [-0.3, -0.25) is 0 Å². The number of ether oxygens (including phenoxy) is 1. The van der Waals surface area contributed by atoms with Crippen LogP contribution < -0.4 is 0 Å². The summed E-state index contributed by atoms with van der Waals surface area (Å²) < 4.78 is 19.0. The molecule has 118 valence electrons. The van der Waals surface area contributed by atoms with E-state index >= 15 is 0 Å². The van der Waals surface area contributed by atoms with Crippen molar-refractivity contribution in [3.8, 4) is 0 Å². The first-order chi connectivity index (χ1) is 11.2. The molecule has 1 aromatic heterocycles. The molecule has 2 heterocycles. The average molecular weight is 312 g/mol. The normalized spacial score (nSPS) is 14.3. The minimum absolute atomic E-state index is 0.254. The van der Waals surface area contributed by atoms with E-state index in [1.165, 1.54) is 6.20 Å². The van der Waals surface area contributed by atoms with E-state index in [2.05, 4.69) is 4.98 Å². The number of aromatic nitrogens is 1. The SMILES string of the molecule is O=C(OCc1ccccc1)N1CC=C(c2cccnc2F)CC1. The first-order valence-electron chi connectivity index (χ1n) is 7.49. The average Bonchev–Trinajstić information content (AvgIpc) is 2.61. The number of carbonyl (C=O) groups is 1. The number of benzene rings is 1. The zero-order chi connectivity index (χ0) is 16.1. The fraction of sp³-hybridized carbons (Fsp3) is 0.222. The predicted molar refractivity (Wildman–Crippen MR) is 85.0 cm³/mol. The first kappa shape index (κ1) is 15.2. The molecule has 3 rings (SSSR count). The van der Waals surface area contributed by atoms with E-state index in [9.17, 15) is 9.18 Å². The van der Waals surface area contributed by atoms with Crippen LogP contribution in [0.4, 0.5) is 9.18 Å². The predicted octanol–water partition coefficient (Wildman–Crippen LogP) is 3.65. The van der Waals surface area contributed by atoms with Gasteiger partial charge in [-0.1, -0.05) is 36.4 Å². The van der Waals surface area contributed by atoms with Crippen molar-refractivity contribution in [2.45, 2.75) is 13.0 Å². The van der Waals surface area contributed by atoms with Crippen LogP contribution in [0.5, 0.6) is 0 Å². The number of rotatable bonds is 3. The van der Waals surface area contributed by atoms with E-state index in [0.717, 1.165) is 11.1 Å². The van der Waals surface area contributed by atoms with E-state index in [1.54, 1.807) is 17.0 Å². The number of hydrogen-bond acceptors (Lipinski definition) is 3. The molecule has 5 heteroatoms. The van der Waals surface area contributed by atoms with Gasteiger partial charge in [0.15, 0.2) is 0 Å². The molecule has 1 aromatic carbocycles. The highest BCUT2D eigenvalue weighted by Crippen LogP contribution is 2.23. The highest BCUT2D eigenvalue weighted by atomic mass is 19.1. The van der Waals surface area contributed by atoms with Crippen LogP contribution in [0.2, 0.25) is 0 Å². The number of hydrogen-bond donors (Lipinski definition) is 0. The quantitative estimate of drug-likeness (QED) is 0.813. The lowest BCUT2D eigenvalue weighted by Gasteiger charge is -2.26. The van der Waals surface area contributed by atoms with Gasteiger partial charge in [0.25, 0.3) is 0 Å². The summed E-state index contributed by atoms with van der Waals surface area (Å²) in [7, 11) is 0. The van der Waals surface area contributed by atoms with Crippen LogP contribution in [0, 0.1) is 5.95 Å². The molecule has 0 aliphatic carbocycles. The molecule has 1 amide bonds. The summed E-state index contributed by atoms with van der Waals surface area (Å²) in [6.45, 7) is 1.18. The van der Waals surface area contributed by atoms with E-state index in [0.29, 0.717) is 25.1 Å². The summed E-state index contributed by atoms with van der Waals surface area (Å²) >= 11 is 0. The van der Waals surface area contributed by atoms with Gasteiger partial charge >= 0.3 is 6.09 Å². The smallest absolute Gasteiger partial charge is 0.410 e. The lowest BCUT2D eigenvalue weighted by Crippen LogP contribution is -2.35. The second kappa shape index (κ2) is 7.05. The minimum atomic E-state index is -0.473. The van der Waals surface area contributed by atoms with Crippen molar-refractivity contribution in [2.75, 3.05) is 13.1 Å². The van der Waals surface area contributed by atoms with E-state index < -0.39 is 5.95 Å². The van der Waals surface area contributed by atoms with Gasteiger partial charge in [-0.05, 0) is 29.7 Å². The molecular formula is C18H17FN2O2. The van der Waals surface area contributed by atoms with Gasteiger partial charge in [-0.25, -0.2) is 9.78 Å². The molecule has 0 spiro atoms. The van der Waals surface area contributed by atoms with E-state index in [1.807, 2.05) is 36.4 Å². The molecule has 0 saturated heterocycles. The molecule has 0 radical (unpaired) electrons. The molecule has 1 aliphatic heterocycles. The Bertz CT molecular complexity index is 716. The lowest BCUT2D eigenvalue weighted by atomic mass is 10.0. The Morgan fingerprint density at radius 1 is 1.22 bits per heavy atom. The molecule has 4 nitrogen and oxygen atoms in total. The third kappa shape index (κ3) is 3.74. The van der Waals surface area contributed by atoms with Gasteiger partial charge in [-0.15, -0.1) is 0 Å². The Balaban J connectivity index is 1.58. The summed E-state index contributed by atoms with van der Waals surface area (Å²) in [5.74, 6) is -0.473. The van der Waals surface area contributed by atoms with E-state index in [-0.39, 0.29) is 12.7 Å². The second-order valence-corrected chi connectivity index (χ2v) is 5.31. The lowest BCUT2D eigenvalue weighted by molar-refractivity contribution is 0.0998. The maximum Gasteiger partial charge on any atom is 0.410 e. The van der Waals surface area contributed by atoms with Crippen LogP contribution in [-0.4, -0.2) is 29.1 Å². The Labute approximate surface area is 134 Å². The molecule has 23 heavy (non-hydrogen) atoms. The maximum atomic E-state index is 13.7. The molecule has 0 saturated carbocycles. The maximum absolute atomic E-state index is 13.7. The minimum Gasteiger partial charge on any atom is -0.445 e. The van der Waals surface area contributed by atoms with Crippen molar-refractivity contribution in [1.29, 1.82) is 0 Å². The van der Waals surface area contributed by atoms with Crippen molar-refractivity contribution < 1.29 is 13.9 Å².